The average molecular weight is 270 g/mol. The first-order valence-electron chi connectivity index (χ1n) is 5.57. The fraction of sp³-hybridized carbons (Fsp3) is 0.455. The number of imide groups is 1. The van der Waals surface area contributed by atoms with Crippen LogP contribution < -0.4 is 5.32 Å². The average Bonchev–Trinajstić information content (AvgIpc) is 2.67. The summed E-state index contributed by atoms with van der Waals surface area (Å²) in [6.45, 7) is 4.69. The molecule has 1 unspecified atom stereocenters. The van der Waals surface area contributed by atoms with Crippen LogP contribution in [0.2, 0.25) is 0 Å². The van der Waals surface area contributed by atoms with Crippen molar-refractivity contribution in [1.29, 1.82) is 0 Å². The largest absolute Gasteiger partial charge is 0.445 e. The van der Waals surface area contributed by atoms with Gasteiger partial charge in [0.2, 0.25) is 0 Å². The van der Waals surface area contributed by atoms with Gasteiger partial charge in [-0.1, -0.05) is 12.7 Å². The summed E-state index contributed by atoms with van der Waals surface area (Å²) in [6.07, 6.45) is 0.554. The Morgan fingerprint density at radius 2 is 2.00 bits per heavy atom. The predicted molar refractivity (Wildman–Crippen MR) is 61.3 cm³/mol. The van der Waals surface area contributed by atoms with Gasteiger partial charge in [-0.3, -0.25) is 9.59 Å². The van der Waals surface area contributed by atoms with E-state index in [1.165, 1.54) is 13.0 Å². The fourth-order valence-corrected chi connectivity index (χ4v) is 1.24. The van der Waals surface area contributed by atoms with Crippen LogP contribution in [0.25, 0.3) is 0 Å². The van der Waals surface area contributed by atoms with E-state index in [1.54, 1.807) is 0 Å². The smallest absolute Gasteiger partial charge is 0.408 e. The highest BCUT2D eigenvalue weighted by Gasteiger charge is 2.34. The predicted octanol–water partition coefficient (Wildman–Crippen LogP) is -0.106. The van der Waals surface area contributed by atoms with Crippen LogP contribution in [0.5, 0.6) is 0 Å². The quantitative estimate of drug-likeness (QED) is 0.552. The second kappa shape index (κ2) is 6.53. The van der Waals surface area contributed by atoms with Gasteiger partial charge in [0.05, 0.1) is 0 Å². The van der Waals surface area contributed by atoms with E-state index in [0.717, 1.165) is 0 Å². The van der Waals surface area contributed by atoms with Crippen molar-refractivity contribution in [3.8, 4) is 0 Å². The summed E-state index contributed by atoms with van der Waals surface area (Å²) in [5.41, 5.74) is 0. The summed E-state index contributed by atoms with van der Waals surface area (Å²) in [6, 6.07) is -1.06. The molecule has 0 radical (unpaired) electrons. The van der Waals surface area contributed by atoms with E-state index < -0.39 is 29.9 Å². The molecule has 0 saturated carbocycles. The van der Waals surface area contributed by atoms with Gasteiger partial charge in [-0.05, 0) is 6.92 Å². The molecule has 1 atom stereocenters. The molecule has 1 fully saturated rings. The van der Waals surface area contributed by atoms with E-state index in [-0.39, 0.29) is 19.4 Å². The Kier molecular flexibility index (Phi) is 5.04. The highest BCUT2D eigenvalue weighted by molar-refractivity contribution is 6.01. The molecule has 8 nitrogen and oxygen atoms in total. The highest BCUT2D eigenvalue weighted by Crippen LogP contribution is 2.12. The highest BCUT2D eigenvalue weighted by atomic mass is 16.7. The Hall–Kier alpha value is -2.38. The van der Waals surface area contributed by atoms with Crippen molar-refractivity contribution in [2.75, 3.05) is 6.61 Å². The second-order valence-electron chi connectivity index (χ2n) is 3.75. The molecule has 3 amide bonds. The Morgan fingerprint density at radius 3 is 2.53 bits per heavy atom. The minimum atomic E-state index is -1.06. The maximum Gasteiger partial charge on any atom is 0.408 e. The molecule has 19 heavy (non-hydrogen) atoms. The zero-order valence-electron chi connectivity index (χ0n) is 10.4. The maximum absolute atomic E-state index is 11.5. The minimum Gasteiger partial charge on any atom is -0.445 e. The zero-order chi connectivity index (χ0) is 14.4. The zero-order valence-corrected chi connectivity index (χ0v) is 10.4. The lowest BCUT2D eigenvalue weighted by atomic mass is 10.3. The van der Waals surface area contributed by atoms with Gasteiger partial charge in [0.15, 0.2) is 0 Å². The summed E-state index contributed by atoms with van der Waals surface area (Å²) in [7, 11) is 0. The molecule has 0 aromatic carbocycles. The molecule has 1 aliphatic rings. The maximum atomic E-state index is 11.5. The number of ether oxygens (including phenoxy) is 1. The van der Waals surface area contributed by atoms with Gasteiger partial charge >= 0.3 is 12.1 Å². The lowest BCUT2D eigenvalue weighted by Gasteiger charge is -2.16. The first-order valence-corrected chi connectivity index (χ1v) is 5.57. The molecule has 0 bridgehead atoms. The van der Waals surface area contributed by atoms with E-state index >= 15 is 0 Å². The van der Waals surface area contributed by atoms with Crippen LogP contribution in [0.15, 0.2) is 12.7 Å². The summed E-state index contributed by atoms with van der Waals surface area (Å²) < 4.78 is 4.60. The standard InChI is InChI=1S/C11H14N2O6/c1-3-6-18-11(17)12-7(2)10(16)19-13-8(14)4-5-9(13)15/h3,7H,1,4-6H2,2H3,(H,12,17). The molecular weight excluding hydrogens is 256 g/mol. The third-order valence-corrected chi connectivity index (χ3v) is 2.21. The van der Waals surface area contributed by atoms with Crippen LogP contribution in [0, 0.1) is 0 Å². The SMILES string of the molecule is C=CCOC(=O)NC(C)C(=O)ON1C(=O)CCC1=O. The molecule has 8 heteroatoms. The van der Waals surface area contributed by atoms with Crippen molar-refractivity contribution >= 4 is 23.9 Å². The van der Waals surface area contributed by atoms with Gasteiger partial charge in [0.25, 0.3) is 11.8 Å². The van der Waals surface area contributed by atoms with Gasteiger partial charge in [0, 0.05) is 12.8 Å². The fourth-order valence-electron chi connectivity index (χ4n) is 1.24. The molecule has 0 aromatic heterocycles. The number of alkyl carbamates (subject to hydrolysis) is 1. The number of nitrogens with zero attached hydrogens (tertiary/aromatic N) is 1. The van der Waals surface area contributed by atoms with Crippen LogP contribution >= 0.6 is 0 Å². The molecule has 1 aliphatic heterocycles. The molecule has 0 aliphatic carbocycles. The van der Waals surface area contributed by atoms with Crippen LogP contribution in [-0.2, 0) is 24.0 Å². The summed E-state index contributed by atoms with van der Waals surface area (Å²) in [5.74, 6) is -2.10. The van der Waals surface area contributed by atoms with Crippen LogP contribution in [0.3, 0.4) is 0 Å². The van der Waals surface area contributed by atoms with E-state index in [2.05, 4.69) is 21.5 Å². The number of rotatable bonds is 5. The summed E-state index contributed by atoms with van der Waals surface area (Å²) in [5, 5.41) is 2.60. The van der Waals surface area contributed by atoms with Crippen molar-refractivity contribution in [2.45, 2.75) is 25.8 Å². The first kappa shape index (κ1) is 14.7. The molecule has 1 N–H and O–H groups in total. The summed E-state index contributed by atoms with van der Waals surface area (Å²) in [4.78, 5) is 49.7. The van der Waals surface area contributed by atoms with E-state index in [4.69, 9.17) is 0 Å². The van der Waals surface area contributed by atoms with E-state index in [9.17, 15) is 19.2 Å². The number of hydroxylamine groups is 2. The van der Waals surface area contributed by atoms with Crippen LogP contribution in [0.4, 0.5) is 4.79 Å². The van der Waals surface area contributed by atoms with Gasteiger partial charge in [-0.2, -0.15) is 0 Å². The topological polar surface area (TPSA) is 102 Å². The van der Waals surface area contributed by atoms with Crippen molar-refractivity contribution in [3.05, 3.63) is 12.7 Å². The third-order valence-electron chi connectivity index (χ3n) is 2.21. The van der Waals surface area contributed by atoms with Crippen molar-refractivity contribution in [3.63, 3.8) is 0 Å². The van der Waals surface area contributed by atoms with Gasteiger partial charge in [-0.25, -0.2) is 9.59 Å². The van der Waals surface area contributed by atoms with Crippen molar-refractivity contribution in [1.82, 2.24) is 10.4 Å². The molecule has 1 heterocycles. The van der Waals surface area contributed by atoms with Crippen molar-refractivity contribution < 1.29 is 28.8 Å². The molecule has 0 spiro atoms. The molecule has 1 saturated heterocycles. The number of carbonyl (C=O) groups excluding carboxylic acids is 4. The number of hydrogen-bond donors (Lipinski definition) is 1. The Labute approximate surface area is 109 Å². The van der Waals surface area contributed by atoms with Gasteiger partial charge in [-0.15, -0.1) is 5.06 Å². The lowest BCUT2D eigenvalue weighted by molar-refractivity contribution is -0.198. The van der Waals surface area contributed by atoms with Gasteiger partial charge in [0.1, 0.15) is 12.6 Å². The monoisotopic (exact) mass is 270 g/mol. The Morgan fingerprint density at radius 1 is 1.42 bits per heavy atom. The van der Waals surface area contributed by atoms with E-state index in [1.807, 2.05) is 0 Å². The van der Waals surface area contributed by atoms with Crippen molar-refractivity contribution in [2.24, 2.45) is 0 Å². The minimum absolute atomic E-state index is 0.00328. The number of carbonyl (C=O) groups is 4. The Bertz CT molecular complexity index is 403. The van der Waals surface area contributed by atoms with E-state index in [0.29, 0.717) is 5.06 Å². The number of nitrogens with one attached hydrogen (secondary N) is 1. The molecule has 104 valence electrons. The molecule has 0 aromatic rings. The Balaban J connectivity index is 2.44. The number of amides is 3. The molecule has 1 rings (SSSR count). The third kappa shape index (κ3) is 4.09. The van der Waals surface area contributed by atoms with Crippen LogP contribution in [-0.4, -0.2) is 41.6 Å². The molecular formula is C11H14N2O6. The second-order valence-corrected chi connectivity index (χ2v) is 3.75. The lowest BCUT2D eigenvalue weighted by Crippen LogP contribution is -2.43. The van der Waals surface area contributed by atoms with Crippen LogP contribution in [0.1, 0.15) is 19.8 Å². The first-order chi connectivity index (χ1) is 8.95. The van der Waals surface area contributed by atoms with Gasteiger partial charge < -0.3 is 14.9 Å². The summed E-state index contributed by atoms with van der Waals surface area (Å²) >= 11 is 0. The number of hydrogen-bond acceptors (Lipinski definition) is 6. The normalized spacial score (nSPS) is 15.9.